The van der Waals surface area contributed by atoms with Crippen LogP contribution in [0.2, 0.25) is 0 Å². The van der Waals surface area contributed by atoms with Gasteiger partial charge in [-0.05, 0) is 49.7 Å². The molecule has 1 aliphatic heterocycles. The van der Waals surface area contributed by atoms with Crippen LogP contribution in [0.5, 0.6) is 0 Å². The number of nitrogens with zero attached hydrogens (tertiary/aromatic N) is 3. The van der Waals surface area contributed by atoms with E-state index in [0.717, 1.165) is 30.8 Å². The second kappa shape index (κ2) is 8.52. The minimum absolute atomic E-state index is 0.551. The highest BCUT2D eigenvalue weighted by Crippen LogP contribution is 2.26. The number of piperidine rings is 1. The minimum atomic E-state index is 0.551. The maximum atomic E-state index is 4.80. The Morgan fingerprint density at radius 3 is 2.46 bits per heavy atom. The second-order valence-corrected chi connectivity index (χ2v) is 7.84. The number of rotatable bonds is 5. The van der Waals surface area contributed by atoms with Crippen LogP contribution in [0.1, 0.15) is 50.5 Å². The van der Waals surface area contributed by atoms with E-state index in [-0.39, 0.29) is 0 Å². The fourth-order valence-corrected chi connectivity index (χ4v) is 4.34. The van der Waals surface area contributed by atoms with Crippen molar-refractivity contribution in [2.45, 2.75) is 57.4 Å². The van der Waals surface area contributed by atoms with E-state index in [2.05, 4.69) is 51.6 Å². The van der Waals surface area contributed by atoms with Crippen molar-refractivity contribution in [1.29, 1.82) is 0 Å². The molecule has 26 heavy (non-hydrogen) atoms. The Morgan fingerprint density at radius 2 is 1.69 bits per heavy atom. The molecule has 0 atom stereocenters. The van der Waals surface area contributed by atoms with Crippen LogP contribution < -0.4 is 10.2 Å². The summed E-state index contributed by atoms with van der Waals surface area (Å²) in [5.74, 6) is 2.67. The number of aromatic nitrogens is 2. The average Bonchev–Trinajstić information content (AvgIpc) is 2.70. The van der Waals surface area contributed by atoms with E-state index >= 15 is 0 Å². The third kappa shape index (κ3) is 4.54. The molecular weight excluding hydrogens is 320 g/mol. The first-order chi connectivity index (χ1) is 12.9. The van der Waals surface area contributed by atoms with Gasteiger partial charge in [0.15, 0.2) is 0 Å². The lowest BCUT2D eigenvalue weighted by Gasteiger charge is -2.33. The van der Waals surface area contributed by atoms with Gasteiger partial charge in [0, 0.05) is 25.3 Å². The molecule has 0 radical (unpaired) electrons. The molecule has 4 nitrogen and oxygen atoms in total. The molecule has 2 heterocycles. The summed E-state index contributed by atoms with van der Waals surface area (Å²) in [7, 11) is 0. The summed E-state index contributed by atoms with van der Waals surface area (Å²) in [6.07, 6.45) is 12.1. The Kier molecular flexibility index (Phi) is 5.68. The zero-order valence-electron chi connectivity index (χ0n) is 15.6. The van der Waals surface area contributed by atoms with Crippen LogP contribution in [0.25, 0.3) is 0 Å². The molecule has 2 fully saturated rings. The molecule has 1 N–H and O–H groups in total. The van der Waals surface area contributed by atoms with Gasteiger partial charge in [-0.25, -0.2) is 4.98 Å². The molecule has 4 rings (SSSR count). The second-order valence-electron chi connectivity index (χ2n) is 7.84. The fraction of sp³-hybridized carbons (Fsp3) is 0.545. The molecule has 1 saturated heterocycles. The van der Waals surface area contributed by atoms with Gasteiger partial charge < -0.3 is 10.2 Å². The maximum absolute atomic E-state index is 4.80. The van der Waals surface area contributed by atoms with Crippen molar-refractivity contribution in [2.24, 2.45) is 5.92 Å². The molecule has 0 amide bonds. The van der Waals surface area contributed by atoms with Crippen molar-refractivity contribution in [3.8, 4) is 0 Å². The van der Waals surface area contributed by atoms with E-state index in [1.807, 2.05) is 6.20 Å². The van der Waals surface area contributed by atoms with E-state index < -0.39 is 0 Å². The fourth-order valence-electron chi connectivity index (χ4n) is 4.34. The third-order valence-corrected chi connectivity index (χ3v) is 5.89. The Bertz CT molecular complexity index is 674. The molecule has 1 saturated carbocycles. The highest BCUT2D eigenvalue weighted by molar-refractivity contribution is 5.43. The van der Waals surface area contributed by atoms with E-state index in [9.17, 15) is 0 Å². The van der Waals surface area contributed by atoms with Crippen molar-refractivity contribution in [1.82, 2.24) is 9.97 Å². The summed E-state index contributed by atoms with van der Waals surface area (Å²) in [4.78, 5) is 11.7. The quantitative estimate of drug-likeness (QED) is 0.850. The Hall–Kier alpha value is -2.10. The molecule has 138 valence electrons. The van der Waals surface area contributed by atoms with Gasteiger partial charge in [0.25, 0.3) is 0 Å². The first-order valence-electron chi connectivity index (χ1n) is 10.3. The van der Waals surface area contributed by atoms with Gasteiger partial charge >= 0.3 is 0 Å². The number of hydrogen-bond donors (Lipinski definition) is 1. The van der Waals surface area contributed by atoms with Crippen LogP contribution in [0.3, 0.4) is 0 Å². The lowest BCUT2D eigenvalue weighted by molar-refractivity contribution is 0.402. The van der Waals surface area contributed by atoms with Crippen LogP contribution in [0.4, 0.5) is 11.8 Å². The molecule has 2 aliphatic rings. The molecule has 0 bridgehead atoms. The summed E-state index contributed by atoms with van der Waals surface area (Å²) < 4.78 is 0. The summed E-state index contributed by atoms with van der Waals surface area (Å²) >= 11 is 0. The molecule has 4 heteroatoms. The molecule has 1 aromatic carbocycles. The molecule has 0 spiro atoms. The third-order valence-electron chi connectivity index (χ3n) is 5.89. The zero-order valence-corrected chi connectivity index (χ0v) is 15.6. The van der Waals surface area contributed by atoms with E-state index in [4.69, 9.17) is 4.98 Å². The van der Waals surface area contributed by atoms with Crippen LogP contribution in [-0.2, 0) is 6.42 Å². The maximum Gasteiger partial charge on any atom is 0.224 e. The Morgan fingerprint density at radius 1 is 0.923 bits per heavy atom. The summed E-state index contributed by atoms with van der Waals surface area (Å²) in [6.45, 7) is 2.19. The number of anilines is 2. The molecule has 0 unspecified atom stereocenters. The Labute approximate surface area is 157 Å². The van der Waals surface area contributed by atoms with E-state index in [0.29, 0.717) is 6.04 Å². The SMILES string of the molecule is c1ccc(CC2CCN(c3ccnc(NC4CCCCC4)n3)CC2)cc1. The molecule has 2 aromatic rings. The predicted octanol–water partition coefficient (Wildman–Crippen LogP) is 4.68. The standard InChI is InChI=1S/C22H30N4/c1-3-7-18(8-4-1)17-19-12-15-26(16-13-19)21-11-14-23-22(25-21)24-20-9-5-2-6-10-20/h1,3-4,7-8,11,14,19-20H,2,5-6,9-10,12-13,15-17H2,(H,23,24,25). The molecule has 1 aliphatic carbocycles. The highest BCUT2D eigenvalue weighted by atomic mass is 15.2. The number of nitrogens with one attached hydrogen (secondary N) is 1. The van der Waals surface area contributed by atoms with Gasteiger partial charge in [0.1, 0.15) is 5.82 Å². The summed E-state index contributed by atoms with van der Waals surface area (Å²) in [5, 5.41) is 3.55. The van der Waals surface area contributed by atoms with Gasteiger partial charge in [-0.2, -0.15) is 4.98 Å². The lowest BCUT2D eigenvalue weighted by Crippen LogP contribution is -2.35. The smallest absolute Gasteiger partial charge is 0.224 e. The first kappa shape index (κ1) is 17.3. The lowest BCUT2D eigenvalue weighted by atomic mass is 9.90. The van der Waals surface area contributed by atoms with Crippen molar-refractivity contribution in [3.05, 3.63) is 48.2 Å². The van der Waals surface area contributed by atoms with Crippen LogP contribution in [0, 0.1) is 5.92 Å². The zero-order chi connectivity index (χ0) is 17.6. The van der Waals surface area contributed by atoms with E-state index in [1.165, 1.54) is 56.9 Å². The first-order valence-corrected chi connectivity index (χ1v) is 10.3. The minimum Gasteiger partial charge on any atom is -0.356 e. The molecular formula is C22H30N4. The topological polar surface area (TPSA) is 41.1 Å². The van der Waals surface area contributed by atoms with Gasteiger partial charge in [-0.1, -0.05) is 49.6 Å². The van der Waals surface area contributed by atoms with Crippen molar-refractivity contribution >= 4 is 11.8 Å². The van der Waals surface area contributed by atoms with Crippen molar-refractivity contribution in [2.75, 3.05) is 23.3 Å². The van der Waals surface area contributed by atoms with E-state index in [1.54, 1.807) is 0 Å². The van der Waals surface area contributed by atoms with Crippen LogP contribution in [-0.4, -0.2) is 29.1 Å². The van der Waals surface area contributed by atoms with Crippen molar-refractivity contribution < 1.29 is 0 Å². The number of hydrogen-bond acceptors (Lipinski definition) is 4. The van der Waals surface area contributed by atoms with Crippen LogP contribution in [0.15, 0.2) is 42.6 Å². The van der Waals surface area contributed by atoms with Gasteiger partial charge in [-0.15, -0.1) is 0 Å². The monoisotopic (exact) mass is 350 g/mol. The van der Waals surface area contributed by atoms with Gasteiger partial charge in [-0.3, -0.25) is 0 Å². The summed E-state index contributed by atoms with van der Waals surface area (Å²) in [5.41, 5.74) is 1.46. The van der Waals surface area contributed by atoms with Crippen molar-refractivity contribution in [3.63, 3.8) is 0 Å². The number of benzene rings is 1. The largest absolute Gasteiger partial charge is 0.356 e. The molecule has 1 aromatic heterocycles. The highest BCUT2D eigenvalue weighted by Gasteiger charge is 2.21. The predicted molar refractivity (Wildman–Crippen MR) is 108 cm³/mol. The van der Waals surface area contributed by atoms with Gasteiger partial charge in [0.05, 0.1) is 0 Å². The van der Waals surface area contributed by atoms with Crippen LogP contribution >= 0.6 is 0 Å². The Balaban J connectivity index is 1.31. The normalized spacial score (nSPS) is 19.5. The van der Waals surface area contributed by atoms with Gasteiger partial charge in [0.2, 0.25) is 5.95 Å². The summed E-state index contributed by atoms with van der Waals surface area (Å²) in [6, 6.07) is 13.5. The average molecular weight is 351 g/mol.